The molecule has 0 radical (unpaired) electrons. The van der Waals surface area contributed by atoms with Crippen molar-refractivity contribution in [2.75, 3.05) is 25.2 Å². The maximum atomic E-state index is 13.5. The van der Waals surface area contributed by atoms with E-state index in [9.17, 15) is 35.9 Å². The molecule has 212 valence electrons. The van der Waals surface area contributed by atoms with Crippen LogP contribution in [-0.4, -0.2) is 43.5 Å². The van der Waals surface area contributed by atoms with Crippen molar-refractivity contribution in [2.24, 2.45) is 0 Å². The number of hydrogen-bond acceptors (Lipinski definition) is 5. The summed E-state index contributed by atoms with van der Waals surface area (Å²) in [4.78, 5) is 28.3. The lowest BCUT2D eigenvalue weighted by atomic mass is 9.88. The van der Waals surface area contributed by atoms with E-state index < -0.39 is 54.3 Å². The van der Waals surface area contributed by atoms with Crippen LogP contribution in [0.1, 0.15) is 54.1 Å². The number of anilines is 1. The minimum Gasteiger partial charge on any atom is -0.493 e. The number of alkyl halides is 6. The zero-order chi connectivity index (χ0) is 28.7. The first-order chi connectivity index (χ1) is 18.2. The van der Waals surface area contributed by atoms with Gasteiger partial charge in [0.15, 0.2) is 0 Å². The Morgan fingerprint density at radius 3 is 2.26 bits per heavy atom. The summed E-state index contributed by atoms with van der Waals surface area (Å²) in [6.45, 7) is 3.23. The predicted octanol–water partition coefficient (Wildman–Crippen LogP) is 6.72. The number of hydrogen-bond donors (Lipinski definition) is 0. The van der Waals surface area contributed by atoms with Gasteiger partial charge in [0.05, 0.1) is 43.2 Å². The Labute approximate surface area is 220 Å². The standard InChI is InChI=1S/C26H26F6N2O5/c1-4-38-24(36)34-14(2)7-20(19-10-16-5-6-39-22(16)12-21(19)34)33(23(35)37-3)13-15-8-17(25(27,28)29)11-18(9-15)26(30,31)32/h8-12,14,20H,4-7,13H2,1-3H3/t14-,20?/m1/s1. The summed E-state index contributed by atoms with van der Waals surface area (Å²) in [5.74, 6) is 0.535. The molecular formula is C26H26F6N2O5. The number of methoxy groups -OCH3 is 1. The Hall–Kier alpha value is -3.64. The zero-order valence-electron chi connectivity index (χ0n) is 21.3. The van der Waals surface area contributed by atoms with Crippen LogP contribution in [0.4, 0.5) is 41.6 Å². The lowest BCUT2D eigenvalue weighted by molar-refractivity contribution is -0.143. The Morgan fingerprint density at radius 2 is 1.69 bits per heavy atom. The molecule has 0 aromatic heterocycles. The van der Waals surface area contributed by atoms with E-state index in [4.69, 9.17) is 14.2 Å². The highest BCUT2D eigenvalue weighted by Crippen LogP contribution is 2.46. The summed E-state index contributed by atoms with van der Waals surface area (Å²) in [7, 11) is 1.07. The van der Waals surface area contributed by atoms with Crippen LogP contribution in [0.25, 0.3) is 0 Å². The number of fused-ring (bicyclic) bond motifs is 2. The Bertz CT molecular complexity index is 1230. The predicted molar refractivity (Wildman–Crippen MR) is 126 cm³/mol. The lowest BCUT2D eigenvalue weighted by Crippen LogP contribution is -2.47. The fourth-order valence-electron chi connectivity index (χ4n) is 5.00. The van der Waals surface area contributed by atoms with Crippen molar-refractivity contribution in [3.63, 3.8) is 0 Å². The fraction of sp³-hybridized carbons (Fsp3) is 0.462. The van der Waals surface area contributed by atoms with E-state index in [-0.39, 0.29) is 24.7 Å². The molecule has 4 rings (SSSR count). The van der Waals surface area contributed by atoms with Gasteiger partial charge in [0.2, 0.25) is 0 Å². The number of halogens is 6. The Morgan fingerprint density at radius 1 is 1.05 bits per heavy atom. The SMILES string of the molecule is CCOC(=O)N1c2cc3c(cc2C(N(Cc2cc(C(F)(F)F)cc(C(F)(F)F)c2)C(=O)OC)C[C@H]1C)CCO3. The maximum Gasteiger partial charge on any atom is 0.416 e. The molecule has 7 nitrogen and oxygen atoms in total. The summed E-state index contributed by atoms with van der Waals surface area (Å²) in [5, 5.41) is 0. The molecule has 0 aliphatic carbocycles. The molecule has 39 heavy (non-hydrogen) atoms. The molecule has 0 saturated heterocycles. The van der Waals surface area contributed by atoms with Crippen LogP contribution in [0.15, 0.2) is 30.3 Å². The van der Waals surface area contributed by atoms with Crippen LogP contribution in [0, 0.1) is 0 Å². The first-order valence-electron chi connectivity index (χ1n) is 12.1. The van der Waals surface area contributed by atoms with Gasteiger partial charge in [-0.15, -0.1) is 0 Å². The van der Waals surface area contributed by atoms with Gasteiger partial charge in [-0.05, 0) is 61.2 Å². The van der Waals surface area contributed by atoms with Crippen LogP contribution in [-0.2, 0) is 34.8 Å². The van der Waals surface area contributed by atoms with Crippen LogP contribution in [0.2, 0.25) is 0 Å². The van der Waals surface area contributed by atoms with Gasteiger partial charge in [-0.1, -0.05) is 0 Å². The number of rotatable bonds is 4. The van der Waals surface area contributed by atoms with E-state index in [1.54, 1.807) is 26.0 Å². The summed E-state index contributed by atoms with van der Waals surface area (Å²) >= 11 is 0. The minimum absolute atomic E-state index is 0.0322. The van der Waals surface area contributed by atoms with Gasteiger partial charge in [-0.2, -0.15) is 26.3 Å². The molecular weight excluding hydrogens is 534 g/mol. The van der Waals surface area contributed by atoms with Crippen molar-refractivity contribution in [3.8, 4) is 5.75 Å². The topological polar surface area (TPSA) is 68.3 Å². The summed E-state index contributed by atoms with van der Waals surface area (Å²) < 4.78 is 96.6. The van der Waals surface area contributed by atoms with E-state index >= 15 is 0 Å². The van der Waals surface area contributed by atoms with Crippen LogP contribution >= 0.6 is 0 Å². The third-order valence-corrected chi connectivity index (χ3v) is 6.71. The third kappa shape index (κ3) is 5.71. The van der Waals surface area contributed by atoms with Crippen molar-refractivity contribution < 1.29 is 50.1 Å². The molecule has 2 amide bonds. The van der Waals surface area contributed by atoms with Crippen molar-refractivity contribution in [1.29, 1.82) is 0 Å². The number of carbonyl (C=O) groups excluding carboxylic acids is 2. The Balaban J connectivity index is 1.83. The highest BCUT2D eigenvalue weighted by atomic mass is 19.4. The quantitative estimate of drug-likeness (QED) is 0.388. The molecule has 2 aromatic rings. The van der Waals surface area contributed by atoms with E-state index in [2.05, 4.69) is 0 Å². The zero-order valence-corrected chi connectivity index (χ0v) is 21.3. The van der Waals surface area contributed by atoms with Crippen molar-refractivity contribution in [2.45, 2.75) is 57.7 Å². The normalized spacial score (nSPS) is 18.6. The third-order valence-electron chi connectivity index (χ3n) is 6.71. The molecule has 0 spiro atoms. The number of ether oxygens (including phenoxy) is 3. The average Bonchev–Trinajstić information content (AvgIpc) is 3.31. The average molecular weight is 560 g/mol. The number of carbonyl (C=O) groups is 2. The number of nitrogens with zero attached hydrogens (tertiary/aromatic N) is 2. The van der Waals surface area contributed by atoms with Gasteiger partial charge in [0.1, 0.15) is 5.75 Å². The van der Waals surface area contributed by atoms with Crippen LogP contribution < -0.4 is 9.64 Å². The molecule has 0 saturated carbocycles. The van der Waals surface area contributed by atoms with Crippen molar-refractivity contribution in [3.05, 3.63) is 58.1 Å². The van der Waals surface area contributed by atoms with E-state index in [1.807, 2.05) is 0 Å². The smallest absolute Gasteiger partial charge is 0.416 e. The molecule has 2 aliphatic rings. The van der Waals surface area contributed by atoms with E-state index in [0.29, 0.717) is 42.2 Å². The summed E-state index contributed by atoms with van der Waals surface area (Å²) in [6, 6.07) is 3.18. The van der Waals surface area contributed by atoms with E-state index in [0.717, 1.165) is 17.6 Å². The van der Waals surface area contributed by atoms with Crippen LogP contribution in [0.5, 0.6) is 5.75 Å². The second-order valence-electron chi connectivity index (χ2n) is 9.30. The van der Waals surface area contributed by atoms with Crippen LogP contribution in [0.3, 0.4) is 0 Å². The molecule has 2 aliphatic heterocycles. The maximum absolute atomic E-state index is 13.5. The van der Waals surface area contributed by atoms with Gasteiger partial charge >= 0.3 is 24.5 Å². The molecule has 0 fully saturated rings. The first-order valence-corrected chi connectivity index (χ1v) is 12.1. The molecule has 2 atom stereocenters. The van der Waals surface area contributed by atoms with Gasteiger partial charge in [-0.3, -0.25) is 9.80 Å². The number of amides is 2. The molecule has 13 heteroatoms. The van der Waals surface area contributed by atoms with Gasteiger partial charge in [-0.25, -0.2) is 9.59 Å². The van der Waals surface area contributed by atoms with Gasteiger partial charge < -0.3 is 14.2 Å². The molecule has 1 unspecified atom stereocenters. The van der Waals surface area contributed by atoms with Crippen molar-refractivity contribution in [1.82, 2.24) is 4.90 Å². The van der Waals surface area contributed by atoms with Gasteiger partial charge in [0, 0.05) is 25.1 Å². The molecule has 0 N–H and O–H groups in total. The molecule has 2 heterocycles. The first kappa shape index (κ1) is 28.4. The second kappa shape index (κ2) is 10.5. The fourth-order valence-corrected chi connectivity index (χ4v) is 5.00. The summed E-state index contributed by atoms with van der Waals surface area (Å²) in [5.41, 5.74) is -1.73. The summed E-state index contributed by atoms with van der Waals surface area (Å²) in [6.07, 6.45) is -11.0. The lowest BCUT2D eigenvalue weighted by Gasteiger charge is -2.42. The van der Waals surface area contributed by atoms with E-state index in [1.165, 1.54) is 4.90 Å². The highest BCUT2D eigenvalue weighted by Gasteiger charge is 2.42. The molecule has 2 aromatic carbocycles. The van der Waals surface area contributed by atoms with Crippen molar-refractivity contribution >= 4 is 17.9 Å². The minimum atomic E-state index is -5.04. The highest BCUT2D eigenvalue weighted by molar-refractivity contribution is 5.91. The largest absolute Gasteiger partial charge is 0.493 e. The number of benzene rings is 2. The second-order valence-corrected chi connectivity index (χ2v) is 9.30. The monoisotopic (exact) mass is 560 g/mol. The van der Waals surface area contributed by atoms with Gasteiger partial charge in [0.25, 0.3) is 0 Å². The Kier molecular flexibility index (Phi) is 7.63. The molecule has 0 bridgehead atoms.